The number of carbonyl (C=O) groups excluding carboxylic acids is 1. The monoisotopic (exact) mass is 422 g/mol. The second kappa shape index (κ2) is 8.12. The Balaban J connectivity index is 1.53. The lowest BCUT2D eigenvalue weighted by Gasteiger charge is -2.36. The van der Waals surface area contributed by atoms with E-state index in [4.69, 9.17) is 16.3 Å². The van der Waals surface area contributed by atoms with Crippen molar-refractivity contribution in [3.63, 3.8) is 0 Å². The summed E-state index contributed by atoms with van der Waals surface area (Å²) in [5.74, 6) is 0.114. The molecule has 2 aliphatic heterocycles. The van der Waals surface area contributed by atoms with E-state index in [1.54, 1.807) is 12.1 Å². The van der Waals surface area contributed by atoms with E-state index >= 15 is 0 Å². The summed E-state index contributed by atoms with van der Waals surface area (Å²) in [6.45, 7) is 7.67. The molecule has 1 aromatic heterocycles. The number of thiophene rings is 1. The highest BCUT2D eigenvalue weighted by Gasteiger charge is 2.34. The molecule has 1 aromatic rings. The van der Waals surface area contributed by atoms with Crippen molar-refractivity contribution in [3.8, 4) is 0 Å². The van der Waals surface area contributed by atoms with Crippen molar-refractivity contribution in [2.45, 2.75) is 30.3 Å². The molecule has 0 aromatic carbocycles. The molecule has 0 unspecified atom stereocenters. The lowest BCUT2D eigenvalue weighted by Crippen LogP contribution is -3.15. The number of halogens is 1. The first-order valence-corrected chi connectivity index (χ1v) is 11.4. The molecule has 0 saturated carbocycles. The molecule has 0 radical (unpaired) electrons. The van der Waals surface area contributed by atoms with E-state index in [-0.39, 0.29) is 22.3 Å². The number of hydrogen-bond acceptors (Lipinski definition) is 5. The Morgan fingerprint density at radius 2 is 1.88 bits per heavy atom. The second-order valence-electron chi connectivity index (χ2n) is 6.95. The first-order chi connectivity index (χ1) is 12.3. The molecule has 2 atom stereocenters. The highest BCUT2D eigenvalue weighted by Crippen LogP contribution is 2.28. The molecule has 7 nitrogen and oxygen atoms in total. The van der Waals surface area contributed by atoms with Gasteiger partial charge in [0.05, 0.1) is 42.7 Å². The molecule has 10 heteroatoms. The van der Waals surface area contributed by atoms with Crippen LogP contribution in [-0.2, 0) is 19.6 Å². The van der Waals surface area contributed by atoms with Crippen LogP contribution < -0.4 is 4.90 Å². The van der Waals surface area contributed by atoms with Gasteiger partial charge in [-0.2, -0.15) is 4.31 Å². The SMILES string of the molecule is C[C@@H]1CN(C(=O)C[NH+]2CCN(S(=O)(=O)c3ccc(Cl)s3)CC2)C[C@H](C)O1. The van der Waals surface area contributed by atoms with Gasteiger partial charge in [0.1, 0.15) is 4.21 Å². The molecule has 1 N–H and O–H groups in total. The molecule has 26 heavy (non-hydrogen) atoms. The minimum absolute atomic E-state index is 0.0531. The molecule has 0 bridgehead atoms. The first-order valence-electron chi connectivity index (χ1n) is 8.78. The zero-order chi connectivity index (χ0) is 18.9. The maximum absolute atomic E-state index is 12.6. The molecular weight excluding hydrogens is 398 g/mol. The number of nitrogens with zero attached hydrogens (tertiary/aromatic N) is 2. The second-order valence-corrected chi connectivity index (χ2v) is 10.8. The Morgan fingerprint density at radius 1 is 1.27 bits per heavy atom. The third-order valence-electron chi connectivity index (χ3n) is 4.75. The number of rotatable bonds is 4. The van der Waals surface area contributed by atoms with Crippen LogP contribution in [0.4, 0.5) is 0 Å². The minimum atomic E-state index is -3.49. The highest BCUT2D eigenvalue weighted by molar-refractivity contribution is 7.91. The Morgan fingerprint density at radius 3 is 2.42 bits per heavy atom. The maximum atomic E-state index is 12.6. The number of morpholine rings is 1. The van der Waals surface area contributed by atoms with Crippen molar-refractivity contribution >= 4 is 38.9 Å². The van der Waals surface area contributed by atoms with E-state index in [1.165, 1.54) is 4.31 Å². The zero-order valence-electron chi connectivity index (χ0n) is 15.0. The van der Waals surface area contributed by atoms with Crippen molar-refractivity contribution in [1.29, 1.82) is 0 Å². The lowest BCUT2D eigenvalue weighted by atomic mass is 10.2. The van der Waals surface area contributed by atoms with Crippen molar-refractivity contribution in [2.24, 2.45) is 0 Å². The molecule has 1 amide bonds. The predicted molar refractivity (Wildman–Crippen MR) is 100 cm³/mol. The molecule has 0 spiro atoms. The summed E-state index contributed by atoms with van der Waals surface area (Å²) in [4.78, 5) is 15.6. The van der Waals surface area contributed by atoms with Crippen LogP contribution >= 0.6 is 22.9 Å². The number of nitrogens with one attached hydrogen (secondary N) is 1. The quantitative estimate of drug-likeness (QED) is 0.737. The largest absolute Gasteiger partial charge is 0.372 e. The topological polar surface area (TPSA) is 71.4 Å². The molecule has 2 fully saturated rings. The van der Waals surface area contributed by atoms with Crippen molar-refractivity contribution in [2.75, 3.05) is 45.8 Å². The number of hydrogen-bond donors (Lipinski definition) is 1. The van der Waals surface area contributed by atoms with E-state index < -0.39 is 10.0 Å². The van der Waals surface area contributed by atoms with Gasteiger partial charge in [-0.1, -0.05) is 11.6 Å². The predicted octanol–water partition coefficient (Wildman–Crippen LogP) is -0.0735. The number of carbonyl (C=O) groups is 1. The van der Waals surface area contributed by atoms with Crippen LogP contribution in [-0.4, -0.2) is 81.6 Å². The summed E-state index contributed by atoms with van der Waals surface area (Å²) in [6, 6.07) is 3.15. The van der Waals surface area contributed by atoms with Crippen LogP contribution in [0.5, 0.6) is 0 Å². The van der Waals surface area contributed by atoms with Crippen LogP contribution in [0.2, 0.25) is 4.34 Å². The van der Waals surface area contributed by atoms with Gasteiger partial charge >= 0.3 is 0 Å². The molecule has 3 rings (SSSR count). The fourth-order valence-corrected chi connectivity index (χ4v) is 6.57. The molecular formula is C16H25ClN3O4S2+. The third-order valence-corrected chi connectivity index (χ3v) is 8.34. The van der Waals surface area contributed by atoms with Gasteiger partial charge < -0.3 is 14.5 Å². The van der Waals surface area contributed by atoms with Gasteiger partial charge in [0.15, 0.2) is 6.54 Å². The normalized spacial score (nSPS) is 26.2. The number of piperazine rings is 1. The Kier molecular flexibility index (Phi) is 6.25. The van der Waals surface area contributed by atoms with E-state index in [0.29, 0.717) is 50.1 Å². The lowest BCUT2D eigenvalue weighted by molar-refractivity contribution is -0.896. The summed E-state index contributed by atoms with van der Waals surface area (Å²) < 4.78 is 33.2. The smallest absolute Gasteiger partial charge is 0.277 e. The number of ether oxygens (including phenoxy) is 1. The van der Waals surface area contributed by atoms with Crippen molar-refractivity contribution in [3.05, 3.63) is 16.5 Å². The summed E-state index contributed by atoms with van der Waals surface area (Å²) >= 11 is 6.94. The fraction of sp³-hybridized carbons (Fsp3) is 0.688. The van der Waals surface area contributed by atoms with Gasteiger partial charge in [0.25, 0.3) is 15.9 Å². The molecule has 0 aliphatic carbocycles. The Bertz CT molecular complexity index is 736. The number of sulfonamides is 1. The number of amides is 1. The van der Waals surface area contributed by atoms with Gasteiger partial charge in [-0.3, -0.25) is 4.79 Å². The van der Waals surface area contributed by atoms with Gasteiger partial charge in [-0.15, -0.1) is 11.3 Å². The van der Waals surface area contributed by atoms with Gasteiger partial charge in [0, 0.05) is 13.1 Å². The maximum Gasteiger partial charge on any atom is 0.277 e. The standard InChI is InChI=1S/C16H24ClN3O4S2/c1-12-9-19(10-13(2)24-12)15(21)11-18-5-7-20(8-6-18)26(22,23)16-4-3-14(17)25-16/h3-4,12-13H,5-11H2,1-2H3/p+1/t12-,13+. The van der Waals surface area contributed by atoms with Crippen LogP contribution in [0.3, 0.4) is 0 Å². The highest BCUT2D eigenvalue weighted by atomic mass is 35.5. The Hall–Kier alpha value is -0.710. The van der Waals surface area contributed by atoms with Crippen LogP contribution in [0.1, 0.15) is 13.8 Å². The van der Waals surface area contributed by atoms with Crippen LogP contribution in [0.25, 0.3) is 0 Å². The van der Waals surface area contributed by atoms with Gasteiger partial charge in [-0.05, 0) is 26.0 Å². The summed E-state index contributed by atoms with van der Waals surface area (Å²) in [5.41, 5.74) is 0. The third kappa shape index (κ3) is 4.58. The molecule has 2 aliphatic rings. The average molecular weight is 423 g/mol. The minimum Gasteiger partial charge on any atom is -0.372 e. The van der Waals surface area contributed by atoms with E-state index in [2.05, 4.69) is 0 Å². The summed E-state index contributed by atoms with van der Waals surface area (Å²) in [5, 5.41) is 0. The summed E-state index contributed by atoms with van der Waals surface area (Å²) in [6.07, 6.45) is 0.106. The van der Waals surface area contributed by atoms with E-state index in [1.807, 2.05) is 18.7 Å². The zero-order valence-corrected chi connectivity index (χ0v) is 17.4. The van der Waals surface area contributed by atoms with Gasteiger partial charge in [-0.25, -0.2) is 8.42 Å². The Labute approximate surface area is 163 Å². The van der Waals surface area contributed by atoms with Gasteiger partial charge in [0.2, 0.25) is 0 Å². The van der Waals surface area contributed by atoms with Crippen LogP contribution in [0, 0.1) is 0 Å². The van der Waals surface area contributed by atoms with Crippen LogP contribution in [0.15, 0.2) is 16.3 Å². The summed E-state index contributed by atoms with van der Waals surface area (Å²) in [7, 11) is -3.49. The fourth-order valence-electron chi connectivity index (χ4n) is 3.49. The first kappa shape index (κ1) is 20.0. The van der Waals surface area contributed by atoms with Crippen molar-refractivity contribution < 1.29 is 22.8 Å². The number of quaternary nitrogens is 1. The average Bonchev–Trinajstić information content (AvgIpc) is 3.02. The van der Waals surface area contributed by atoms with E-state index in [9.17, 15) is 13.2 Å². The molecule has 3 heterocycles. The van der Waals surface area contributed by atoms with E-state index in [0.717, 1.165) is 16.2 Å². The molecule has 2 saturated heterocycles. The van der Waals surface area contributed by atoms with Crippen molar-refractivity contribution in [1.82, 2.24) is 9.21 Å². The molecule has 146 valence electrons.